The molecule has 25 heavy (non-hydrogen) atoms. The Bertz CT molecular complexity index is 725. The first-order valence-electron chi connectivity index (χ1n) is 9.02. The van der Waals surface area contributed by atoms with Gasteiger partial charge in [-0.1, -0.05) is 31.5 Å². The Kier molecular flexibility index (Phi) is 6.12. The molecular weight excluding hydrogens is 336 g/mol. The Hall–Kier alpha value is -1.83. The van der Waals surface area contributed by atoms with Crippen LogP contribution in [0.5, 0.6) is 0 Å². The van der Waals surface area contributed by atoms with E-state index < -0.39 is 0 Å². The maximum Gasteiger partial charge on any atom is 0.223 e. The number of nitrogens with one attached hydrogen (secondary N) is 2. The average Bonchev–Trinajstić information content (AvgIpc) is 3.29. The van der Waals surface area contributed by atoms with E-state index in [4.69, 9.17) is 0 Å². The molecular formula is C17H26N6OS. The van der Waals surface area contributed by atoms with E-state index in [9.17, 15) is 4.79 Å². The molecule has 3 rings (SSSR count). The third kappa shape index (κ3) is 4.23. The van der Waals surface area contributed by atoms with Crippen LogP contribution in [0.2, 0.25) is 0 Å². The molecule has 1 fully saturated rings. The number of anilines is 1. The summed E-state index contributed by atoms with van der Waals surface area (Å²) in [5.74, 6) is 1.21. The van der Waals surface area contributed by atoms with E-state index in [-0.39, 0.29) is 11.8 Å². The van der Waals surface area contributed by atoms with Crippen molar-refractivity contribution in [3.05, 3.63) is 6.20 Å². The molecule has 2 aromatic heterocycles. The fourth-order valence-electron chi connectivity index (χ4n) is 3.19. The number of nitrogens with zero attached hydrogens (tertiary/aromatic N) is 4. The van der Waals surface area contributed by atoms with Gasteiger partial charge in [0.2, 0.25) is 5.91 Å². The van der Waals surface area contributed by atoms with Crippen molar-refractivity contribution < 1.29 is 4.79 Å². The van der Waals surface area contributed by atoms with Crippen LogP contribution in [0.3, 0.4) is 0 Å². The molecule has 0 aromatic carbocycles. The molecule has 2 aromatic rings. The molecule has 1 aliphatic rings. The molecule has 0 aliphatic heterocycles. The zero-order valence-corrected chi connectivity index (χ0v) is 15.7. The SMILES string of the molecule is CCCNc1nc(SC)nc2c1cnn2CCNC(=O)C1CCCC1. The van der Waals surface area contributed by atoms with E-state index in [1.165, 1.54) is 24.6 Å². The fourth-order valence-corrected chi connectivity index (χ4v) is 3.55. The lowest BCUT2D eigenvalue weighted by molar-refractivity contribution is -0.124. The van der Waals surface area contributed by atoms with Gasteiger partial charge in [-0.25, -0.2) is 14.6 Å². The lowest BCUT2D eigenvalue weighted by Gasteiger charge is -2.11. The fraction of sp³-hybridized carbons (Fsp3) is 0.647. The van der Waals surface area contributed by atoms with Crippen LogP contribution in [0.1, 0.15) is 39.0 Å². The average molecular weight is 363 g/mol. The maximum atomic E-state index is 12.1. The number of amides is 1. The molecule has 2 heterocycles. The Morgan fingerprint density at radius 1 is 1.32 bits per heavy atom. The van der Waals surface area contributed by atoms with Gasteiger partial charge < -0.3 is 10.6 Å². The van der Waals surface area contributed by atoms with Crippen LogP contribution in [0.4, 0.5) is 5.82 Å². The van der Waals surface area contributed by atoms with E-state index in [0.717, 1.165) is 47.8 Å². The largest absolute Gasteiger partial charge is 0.369 e. The summed E-state index contributed by atoms with van der Waals surface area (Å²) in [7, 11) is 0. The molecule has 1 aliphatic carbocycles. The van der Waals surface area contributed by atoms with Crippen LogP contribution in [0.15, 0.2) is 11.4 Å². The Morgan fingerprint density at radius 2 is 2.12 bits per heavy atom. The predicted octanol–water partition coefficient (Wildman–Crippen LogP) is 2.68. The monoisotopic (exact) mass is 362 g/mol. The van der Waals surface area contributed by atoms with Crippen molar-refractivity contribution >= 4 is 34.5 Å². The molecule has 0 atom stereocenters. The standard InChI is InChI=1S/C17H26N6OS/c1-3-8-18-14-13-11-20-23(15(13)22-17(21-14)25-2)10-9-19-16(24)12-6-4-5-7-12/h11-12H,3-10H2,1-2H3,(H,19,24)(H,18,21,22). The topological polar surface area (TPSA) is 84.7 Å². The molecule has 0 radical (unpaired) electrons. The first kappa shape index (κ1) is 18.0. The molecule has 7 nitrogen and oxygen atoms in total. The van der Waals surface area contributed by atoms with Gasteiger partial charge in [-0.3, -0.25) is 4.79 Å². The van der Waals surface area contributed by atoms with Crippen LogP contribution >= 0.6 is 11.8 Å². The lowest BCUT2D eigenvalue weighted by Crippen LogP contribution is -2.32. The van der Waals surface area contributed by atoms with Gasteiger partial charge in [-0.05, 0) is 25.5 Å². The first-order chi connectivity index (χ1) is 12.2. The zero-order valence-electron chi connectivity index (χ0n) is 14.9. The number of rotatable bonds is 8. The molecule has 0 spiro atoms. The summed E-state index contributed by atoms with van der Waals surface area (Å²) >= 11 is 1.52. The Balaban J connectivity index is 1.69. The number of hydrogen-bond acceptors (Lipinski definition) is 6. The lowest BCUT2D eigenvalue weighted by atomic mass is 10.1. The van der Waals surface area contributed by atoms with E-state index in [2.05, 4.69) is 32.6 Å². The quantitative estimate of drug-likeness (QED) is 0.555. The molecule has 136 valence electrons. The van der Waals surface area contributed by atoms with Crippen LogP contribution in [0, 0.1) is 5.92 Å². The van der Waals surface area contributed by atoms with E-state index >= 15 is 0 Å². The van der Waals surface area contributed by atoms with Gasteiger partial charge in [0.15, 0.2) is 10.8 Å². The summed E-state index contributed by atoms with van der Waals surface area (Å²) < 4.78 is 1.85. The Labute approximate surface area is 152 Å². The number of aromatic nitrogens is 4. The van der Waals surface area contributed by atoms with Gasteiger partial charge in [0, 0.05) is 19.0 Å². The predicted molar refractivity (Wildman–Crippen MR) is 101 cm³/mol. The van der Waals surface area contributed by atoms with Crippen molar-refractivity contribution in [3.8, 4) is 0 Å². The van der Waals surface area contributed by atoms with E-state index in [1.54, 1.807) is 6.20 Å². The number of carbonyl (C=O) groups is 1. The first-order valence-corrected chi connectivity index (χ1v) is 10.2. The molecule has 8 heteroatoms. The van der Waals surface area contributed by atoms with Crippen molar-refractivity contribution in [2.24, 2.45) is 5.92 Å². The second-order valence-electron chi connectivity index (χ2n) is 6.36. The smallest absolute Gasteiger partial charge is 0.223 e. The molecule has 0 unspecified atom stereocenters. The molecule has 1 amide bonds. The van der Waals surface area contributed by atoms with E-state index in [1.807, 2.05) is 10.9 Å². The summed E-state index contributed by atoms with van der Waals surface area (Å²) in [5.41, 5.74) is 0.813. The highest BCUT2D eigenvalue weighted by molar-refractivity contribution is 7.98. The second kappa shape index (κ2) is 8.51. The molecule has 0 bridgehead atoms. The molecule has 2 N–H and O–H groups in total. The summed E-state index contributed by atoms with van der Waals surface area (Å²) in [4.78, 5) is 21.3. The molecule has 0 saturated heterocycles. The molecule has 1 saturated carbocycles. The summed E-state index contributed by atoms with van der Waals surface area (Å²) in [6, 6.07) is 0. The van der Waals surface area contributed by atoms with Gasteiger partial charge in [0.25, 0.3) is 0 Å². The maximum absolute atomic E-state index is 12.1. The van der Waals surface area contributed by atoms with Crippen LogP contribution in [0.25, 0.3) is 11.0 Å². The number of carbonyl (C=O) groups excluding carboxylic acids is 1. The van der Waals surface area contributed by atoms with Crippen LogP contribution < -0.4 is 10.6 Å². The van der Waals surface area contributed by atoms with Crippen LogP contribution in [-0.2, 0) is 11.3 Å². The van der Waals surface area contributed by atoms with E-state index in [0.29, 0.717) is 13.1 Å². The third-order valence-corrected chi connectivity index (χ3v) is 5.10. The minimum atomic E-state index is 0.179. The van der Waals surface area contributed by atoms with Crippen molar-refractivity contribution in [1.29, 1.82) is 0 Å². The van der Waals surface area contributed by atoms with Crippen molar-refractivity contribution in [2.45, 2.75) is 50.7 Å². The minimum absolute atomic E-state index is 0.179. The highest BCUT2D eigenvalue weighted by Gasteiger charge is 2.22. The van der Waals surface area contributed by atoms with Crippen molar-refractivity contribution in [1.82, 2.24) is 25.1 Å². The van der Waals surface area contributed by atoms with Crippen molar-refractivity contribution in [3.63, 3.8) is 0 Å². The van der Waals surface area contributed by atoms with Gasteiger partial charge in [-0.2, -0.15) is 5.10 Å². The number of thioether (sulfide) groups is 1. The van der Waals surface area contributed by atoms with Gasteiger partial charge in [0.1, 0.15) is 5.82 Å². The normalized spacial score (nSPS) is 15.0. The highest BCUT2D eigenvalue weighted by atomic mass is 32.2. The van der Waals surface area contributed by atoms with Crippen LogP contribution in [-0.4, -0.2) is 45.0 Å². The highest BCUT2D eigenvalue weighted by Crippen LogP contribution is 2.25. The van der Waals surface area contributed by atoms with Crippen molar-refractivity contribution in [2.75, 3.05) is 24.7 Å². The summed E-state index contributed by atoms with van der Waals surface area (Å²) in [6.45, 7) is 4.17. The third-order valence-electron chi connectivity index (χ3n) is 4.55. The van der Waals surface area contributed by atoms with Gasteiger partial charge in [-0.15, -0.1) is 0 Å². The number of hydrogen-bond donors (Lipinski definition) is 2. The zero-order chi connectivity index (χ0) is 17.6. The minimum Gasteiger partial charge on any atom is -0.369 e. The van der Waals surface area contributed by atoms with Gasteiger partial charge in [0.05, 0.1) is 18.1 Å². The summed E-state index contributed by atoms with van der Waals surface area (Å²) in [5, 5.41) is 12.5. The van der Waals surface area contributed by atoms with Gasteiger partial charge >= 0.3 is 0 Å². The number of fused-ring (bicyclic) bond motifs is 1. The summed E-state index contributed by atoms with van der Waals surface area (Å²) in [6.07, 6.45) is 9.18. The second-order valence-corrected chi connectivity index (χ2v) is 7.14. The Morgan fingerprint density at radius 3 is 2.84 bits per heavy atom.